The predicted molar refractivity (Wildman–Crippen MR) is 73.1 cm³/mol. The van der Waals surface area contributed by atoms with E-state index in [1.54, 1.807) is 19.1 Å². The molecule has 20 heavy (non-hydrogen) atoms. The van der Waals surface area contributed by atoms with Crippen LogP contribution in [0.1, 0.15) is 5.56 Å². The summed E-state index contributed by atoms with van der Waals surface area (Å²) in [6.07, 6.45) is 0. The molecule has 0 aliphatic heterocycles. The maximum atomic E-state index is 13.3. The van der Waals surface area contributed by atoms with Gasteiger partial charge in [-0.25, -0.2) is 8.78 Å². The molecule has 0 fully saturated rings. The quantitative estimate of drug-likeness (QED) is 0.616. The zero-order chi connectivity index (χ0) is 14.9. The molecule has 0 aromatic heterocycles. The summed E-state index contributed by atoms with van der Waals surface area (Å²) in [5.74, 6) is -2.32. The summed E-state index contributed by atoms with van der Waals surface area (Å²) in [6.45, 7) is 1.80. The summed E-state index contributed by atoms with van der Waals surface area (Å²) < 4.78 is 54.8. The molecule has 0 radical (unpaired) electrons. The molecule has 0 amide bonds. The molecule has 2 aromatic carbocycles. The number of aryl methyl sites for hydroxylation is 1. The highest BCUT2D eigenvalue weighted by molar-refractivity contribution is 9.10. The van der Waals surface area contributed by atoms with Gasteiger partial charge in [-0.2, -0.15) is 8.42 Å². The number of hydrogen-bond donors (Lipinski definition) is 0. The van der Waals surface area contributed by atoms with E-state index in [1.807, 2.05) is 0 Å². The number of halogens is 3. The molecule has 0 aliphatic rings. The molecule has 106 valence electrons. The van der Waals surface area contributed by atoms with Crippen molar-refractivity contribution < 1.29 is 21.4 Å². The van der Waals surface area contributed by atoms with E-state index in [-0.39, 0.29) is 9.37 Å². The fraction of sp³-hybridized carbons (Fsp3) is 0.0769. The Morgan fingerprint density at radius 1 is 1.05 bits per heavy atom. The SMILES string of the molecule is Cc1ccc(S(=O)(=O)Oc2cc(F)c(Br)c(F)c2)cc1. The van der Waals surface area contributed by atoms with Crippen molar-refractivity contribution in [3.8, 4) is 5.75 Å². The Morgan fingerprint density at radius 2 is 1.55 bits per heavy atom. The molecule has 0 saturated heterocycles. The van der Waals surface area contributed by atoms with Crippen molar-refractivity contribution in [2.75, 3.05) is 0 Å². The first-order valence-electron chi connectivity index (χ1n) is 5.45. The molecule has 0 unspecified atom stereocenters. The lowest BCUT2D eigenvalue weighted by Crippen LogP contribution is -2.10. The Bertz CT molecular complexity index is 720. The van der Waals surface area contributed by atoms with Crippen LogP contribution in [0.3, 0.4) is 0 Å². The first-order chi connectivity index (χ1) is 9.29. The fourth-order valence-corrected chi connectivity index (χ4v) is 2.60. The zero-order valence-corrected chi connectivity index (χ0v) is 12.6. The van der Waals surface area contributed by atoms with Gasteiger partial charge in [0.2, 0.25) is 0 Å². The van der Waals surface area contributed by atoms with E-state index in [1.165, 1.54) is 12.1 Å². The highest BCUT2D eigenvalue weighted by Gasteiger charge is 2.18. The van der Waals surface area contributed by atoms with Crippen LogP contribution in [0.15, 0.2) is 45.8 Å². The largest absolute Gasteiger partial charge is 0.379 e. The van der Waals surface area contributed by atoms with Gasteiger partial charge in [0.1, 0.15) is 22.3 Å². The van der Waals surface area contributed by atoms with E-state index in [0.29, 0.717) is 0 Å². The molecule has 0 aliphatic carbocycles. The summed E-state index contributed by atoms with van der Waals surface area (Å²) in [5, 5.41) is 0. The van der Waals surface area contributed by atoms with Crippen LogP contribution in [-0.2, 0) is 10.1 Å². The smallest absolute Gasteiger partial charge is 0.339 e. The van der Waals surface area contributed by atoms with Crippen LogP contribution in [0.4, 0.5) is 8.78 Å². The molecule has 0 N–H and O–H groups in total. The normalized spacial score (nSPS) is 11.4. The van der Waals surface area contributed by atoms with Crippen LogP contribution in [0.2, 0.25) is 0 Å². The molecule has 0 bridgehead atoms. The monoisotopic (exact) mass is 362 g/mol. The summed E-state index contributed by atoms with van der Waals surface area (Å²) in [7, 11) is -4.13. The van der Waals surface area contributed by atoms with Gasteiger partial charge in [0.25, 0.3) is 0 Å². The van der Waals surface area contributed by atoms with E-state index in [2.05, 4.69) is 15.9 Å². The first-order valence-corrected chi connectivity index (χ1v) is 7.65. The summed E-state index contributed by atoms with van der Waals surface area (Å²) in [4.78, 5) is -0.0909. The van der Waals surface area contributed by atoms with Crippen LogP contribution in [0.5, 0.6) is 5.75 Å². The van der Waals surface area contributed by atoms with Crippen molar-refractivity contribution in [3.05, 3.63) is 58.1 Å². The van der Waals surface area contributed by atoms with Crippen LogP contribution in [-0.4, -0.2) is 8.42 Å². The van der Waals surface area contributed by atoms with E-state index in [9.17, 15) is 17.2 Å². The molecule has 0 spiro atoms. The van der Waals surface area contributed by atoms with Crippen molar-refractivity contribution in [1.82, 2.24) is 0 Å². The maximum Gasteiger partial charge on any atom is 0.339 e. The standard InChI is InChI=1S/C13H9BrF2O3S/c1-8-2-4-10(5-3-8)20(17,18)19-9-6-11(15)13(14)12(16)7-9/h2-7H,1H3. The van der Waals surface area contributed by atoms with E-state index in [4.69, 9.17) is 4.18 Å². The van der Waals surface area contributed by atoms with Crippen molar-refractivity contribution >= 4 is 26.0 Å². The van der Waals surface area contributed by atoms with Gasteiger partial charge < -0.3 is 4.18 Å². The van der Waals surface area contributed by atoms with Crippen LogP contribution in [0.25, 0.3) is 0 Å². The third-order valence-electron chi connectivity index (χ3n) is 2.47. The Kier molecular flexibility index (Phi) is 4.10. The van der Waals surface area contributed by atoms with Crippen molar-refractivity contribution in [3.63, 3.8) is 0 Å². The third kappa shape index (κ3) is 3.16. The van der Waals surface area contributed by atoms with Gasteiger partial charge >= 0.3 is 10.1 Å². The Hall–Kier alpha value is -1.47. The highest BCUT2D eigenvalue weighted by Crippen LogP contribution is 2.27. The summed E-state index contributed by atoms with van der Waals surface area (Å²) >= 11 is 2.69. The zero-order valence-electron chi connectivity index (χ0n) is 10.2. The second-order valence-corrected chi connectivity index (χ2v) is 6.39. The molecule has 0 heterocycles. The highest BCUT2D eigenvalue weighted by atomic mass is 79.9. The average molecular weight is 363 g/mol. The lowest BCUT2D eigenvalue weighted by Gasteiger charge is -2.08. The van der Waals surface area contributed by atoms with E-state index in [0.717, 1.165) is 17.7 Å². The molecule has 0 saturated carbocycles. The van der Waals surface area contributed by atoms with Crippen LogP contribution < -0.4 is 4.18 Å². The molecule has 2 rings (SSSR count). The summed E-state index contributed by atoms with van der Waals surface area (Å²) in [5.41, 5.74) is 0.879. The molecular weight excluding hydrogens is 354 g/mol. The van der Waals surface area contributed by atoms with Gasteiger partial charge in [-0.05, 0) is 35.0 Å². The molecule has 0 atom stereocenters. The number of hydrogen-bond acceptors (Lipinski definition) is 3. The number of benzene rings is 2. The van der Waals surface area contributed by atoms with Crippen molar-refractivity contribution in [2.45, 2.75) is 11.8 Å². The van der Waals surface area contributed by atoms with E-state index >= 15 is 0 Å². The average Bonchev–Trinajstić information content (AvgIpc) is 2.36. The van der Waals surface area contributed by atoms with Gasteiger partial charge in [-0.3, -0.25) is 0 Å². The minimum absolute atomic E-state index is 0.0909. The minimum atomic E-state index is -4.13. The maximum absolute atomic E-state index is 13.3. The molecular formula is C13H9BrF2O3S. The Balaban J connectivity index is 2.36. The summed E-state index contributed by atoms with van der Waals surface area (Å²) in [6, 6.07) is 7.49. The molecule has 2 aromatic rings. The van der Waals surface area contributed by atoms with Gasteiger partial charge in [0, 0.05) is 12.1 Å². The Labute approximate surface area is 123 Å². The first kappa shape index (κ1) is 14.9. The second-order valence-electron chi connectivity index (χ2n) is 4.05. The predicted octanol–water partition coefficient (Wildman–Crippen LogP) is 3.80. The van der Waals surface area contributed by atoms with Gasteiger partial charge in [-0.1, -0.05) is 17.7 Å². The second kappa shape index (κ2) is 5.49. The number of rotatable bonds is 3. The third-order valence-corrected chi connectivity index (χ3v) is 4.49. The lowest BCUT2D eigenvalue weighted by atomic mass is 10.2. The minimum Gasteiger partial charge on any atom is -0.379 e. The molecule has 7 heteroatoms. The van der Waals surface area contributed by atoms with Gasteiger partial charge in [0.15, 0.2) is 0 Å². The van der Waals surface area contributed by atoms with Crippen LogP contribution >= 0.6 is 15.9 Å². The molecule has 3 nitrogen and oxygen atoms in total. The fourth-order valence-electron chi connectivity index (χ4n) is 1.46. The topological polar surface area (TPSA) is 43.4 Å². The van der Waals surface area contributed by atoms with Crippen molar-refractivity contribution in [1.29, 1.82) is 0 Å². The van der Waals surface area contributed by atoms with Crippen molar-refractivity contribution in [2.24, 2.45) is 0 Å². The van der Waals surface area contributed by atoms with Gasteiger partial charge in [-0.15, -0.1) is 0 Å². The van der Waals surface area contributed by atoms with Crippen LogP contribution in [0, 0.1) is 18.6 Å². The Morgan fingerprint density at radius 3 is 2.05 bits per heavy atom. The van der Waals surface area contributed by atoms with E-state index < -0.39 is 27.5 Å². The van der Waals surface area contributed by atoms with Gasteiger partial charge in [0.05, 0.1) is 4.47 Å². The lowest BCUT2D eigenvalue weighted by molar-refractivity contribution is 0.477.